The van der Waals surface area contributed by atoms with Gasteiger partial charge in [0.1, 0.15) is 5.75 Å². The number of amides is 2. The highest BCUT2D eigenvalue weighted by Gasteiger charge is 2.27. The summed E-state index contributed by atoms with van der Waals surface area (Å²) in [5.74, 6) is 1.36. The van der Waals surface area contributed by atoms with Gasteiger partial charge in [-0.1, -0.05) is 31.4 Å². The van der Waals surface area contributed by atoms with E-state index in [1.165, 1.54) is 19.3 Å². The number of ether oxygens (including phenoxy) is 1. The Labute approximate surface area is 156 Å². The van der Waals surface area contributed by atoms with Crippen molar-refractivity contribution in [1.29, 1.82) is 0 Å². The minimum atomic E-state index is 0.148. The Morgan fingerprint density at radius 3 is 2.54 bits per heavy atom. The largest absolute Gasteiger partial charge is 0.497 e. The van der Waals surface area contributed by atoms with Gasteiger partial charge >= 0.3 is 0 Å². The molecule has 2 aliphatic rings. The van der Waals surface area contributed by atoms with Crippen LogP contribution in [-0.2, 0) is 16.0 Å². The van der Waals surface area contributed by atoms with Crippen LogP contribution in [0, 0.1) is 5.92 Å². The van der Waals surface area contributed by atoms with Gasteiger partial charge in [-0.25, -0.2) is 0 Å². The van der Waals surface area contributed by atoms with Crippen LogP contribution in [0.4, 0.5) is 0 Å². The van der Waals surface area contributed by atoms with E-state index in [9.17, 15) is 9.59 Å². The summed E-state index contributed by atoms with van der Waals surface area (Å²) in [7, 11) is 1.63. The molecule has 1 saturated carbocycles. The monoisotopic (exact) mass is 358 g/mol. The molecule has 1 aliphatic carbocycles. The molecule has 0 bridgehead atoms. The Balaban J connectivity index is 1.44. The molecule has 2 fully saturated rings. The third-order valence-electron chi connectivity index (χ3n) is 5.66. The molecule has 0 spiro atoms. The van der Waals surface area contributed by atoms with Gasteiger partial charge < -0.3 is 15.0 Å². The second kappa shape index (κ2) is 9.06. The predicted octanol–water partition coefficient (Wildman–Crippen LogP) is 2.93. The van der Waals surface area contributed by atoms with E-state index in [4.69, 9.17) is 4.74 Å². The van der Waals surface area contributed by atoms with E-state index in [2.05, 4.69) is 5.32 Å². The maximum absolute atomic E-state index is 12.5. The zero-order chi connectivity index (χ0) is 18.4. The lowest BCUT2D eigenvalue weighted by Crippen LogP contribution is -2.48. The number of nitrogens with one attached hydrogen (secondary N) is 1. The molecule has 1 saturated heterocycles. The minimum absolute atomic E-state index is 0.148. The van der Waals surface area contributed by atoms with Crippen molar-refractivity contribution in [3.63, 3.8) is 0 Å². The van der Waals surface area contributed by atoms with Crippen molar-refractivity contribution >= 4 is 11.8 Å². The molecule has 5 nitrogen and oxygen atoms in total. The number of methoxy groups -OCH3 is 1. The number of hydrogen-bond donors (Lipinski definition) is 1. The molecular weight excluding hydrogens is 328 g/mol. The highest BCUT2D eigenvalue weighted by atomic mass is 16.5. The second-order valence-corrected chi connectivity index (χ2v) is 7.53. The van der Waals surface area contributed by atoms with Crippen LogP contribution >= 0.6 is 0 Å². The Hall–Kier alpha value is -2.04. The molecule has 1 heterocycles. The maximum Gasteiger partial charge on any atom is 0.226 e. The van der Waals surface area contributed by atoms with Crippen LogP contribution in [0.15, 0.2) is 24.3 Å². The van der Waals surface area contributed by atoms with E-state index >= 15 is 0 Å². The Morgan fingerprint density at radius 2 is 1.85 bits per heavy atom. The number of benzene rings is 1. The predicted molar refractivity (Wildman–Crippen MR) is 101 cm³/mol. The normalized spacial score (nSPS) is 19.2. The first-order chi connectivity index (χ1) is 12.7. The summed E-state index contributed by atoms with van der Waals surface area (Å²) < 4.78 is 5.22. The van der Waals surface area contributed by atoms with Crippen molar-refractivity contribution in [2.75, 3.05) is 20.2 Å². The smallest absolute Gasteiger partial charge is 0.226 e. The van der Waals surface area contributed by atoms with E-state index in [0.717, 1.165) is 50.1 Å². The zero-order valence-corrected chi connectivity index (χ0v) is 15.7. The number of piperidine rings is 1. The SMILES string of the molecule is COc1cccc(CC(=O)N2CCC(NC(=O)C3CCCCC3)CC2)c1. The molecule has 1 aromatic carbocycles. The second-order valence-electron chi connectivity index (χ2n) is 7.53. The fourth-order valence-corrected chi connectivity index (χ4v) is 4.03. The van der Waals surface area contributed by atoms with Crippen molar-refractivity contribution in [2.24, 2.45) is 5.92 Å². The van der Waals surface area contributed by atoms with Crippen LogP contribution < -0.4 is 10.1 Å². The molecule has 0 unspecified atom stereocenters. The van der Waals surface area contributed by atoms with Gasteiger partial charge in [-0.15, -0.1) is 0 Å². The van der Waals surface area contributed by atoms with Crippen LogP contribution in [0.1, 0.15) is 50.5 Å². The molecule has 0 atom stereocenters. The van der Waals surface area contributed by atoms with Gasteiger partial charge in [0.25, 0.3) is 0 Å². The van der Waals surface area contributed by atoms with Gasteiger partial charge in [0, 0.05) is 25.0 Å². The van der Waals surface area contributed by atoms with E-state index in [1.54, 1.807) is 7.11 Å². The van der Waals surface area contributed by atoms with Crippen molar-refractivity contribution in [3.05, 3.63) is 29.8 Å². The van der Waals surface area contributed by atoms with Crippen molar-refractivity contribution < 1.29 is 14.3 Å². The van der Waals surface area contributed by atoms with Gasteiger partial charge in [0.05, 0.1) is 13.5 Å². The van der Waals surface area contributed by atoms with E-state index in [-0.39, 0.29) is 23.8 Å². The van der Waals surface area contributed by atoms with Gasteiger partial charge in [-0.3, -0.25) is 9.59 Å². The number of likely N-dealkylation sites (tertiary alicyclic amines) is 1. The summed E-state index contributed by atoms with van der Waals surface area (Å²) in [5, 5.41) is 3.22. The molecule has 0 aromatic heterocycles. The third kappa shape index (κ3) is 4.99. The van der Waals surface area contributed by atoms with Gasteiger partial charge in [0.2, 0.25) is 11.8 Å². The average molecular weight is 358 g/mol. The number of carbonyl (C=O) groups excluding carboxylic acids is 2. The summed E-state index contributed by atoms with van der Waals surface area (Å²) in [6.45, 7) is 1.44. The lowest BCUT2D eigenvalue weighted by molar-refractivity contribution is -0.131. The fraction of sp³-hybridized carbons (Fsp3) is 0.619. The first-order valence-electron chi connectivity index (χ1n) is 9.87. The maximum atomic E-state index is 12.5. The molecule has 142 valence electrons. The molecule has 1 aliphatic heterocycles. The first kappa shape index (κ1) is 18.7. The summed E-state index contributed by atoms with van der Waals surface area (Å²) in [6, 6.07) is 7.88. The molecule has 5 heteroatoms. The van der Waals surface area contributed by atoms with Gasteiger partial charge in [0.15, 0.2) is 0 Å². The third-order valence-corrected chi connectivity index (χ3v) is 5.66. The Kier molecular flexibility index (Phi) is 6.53. The van der Waals surface area contributed by atoms with Gasteiger partial charge in [-0.05, 0) is 43.4 Å². The molecule has 1 N–H and O–H groups in total. The van der Waals surface area contributed by atoms with E-state index < -0.39 is 0 Å². The molecular formula is C21H30N2O3. The number of carbonyl (C=O) groups is 2. The van der Waals surface area contributed by atoms with Crippen molar-refractivity contribution in [1.82, 2.24) is 10.2 Å². The Bertz CT molecular complexity index is 617. The first-order valence-corrected chi connectivity index (χ1v) is 9.87. The van der Waals surface area contributed by atoms with Crippen molar-refractivity contribution in [3.8, 4) is 5.75 Å². The standard InChI is InChI=1S/C21H30N2O3/c1-26-19-9-5-6-16(14-19)15-20(24)23-12-10-18(11-13-23)22-21(25)17-7-3-2-4-8-17/h5-6,9,14,17-18H,2-4,7-8,10-13,15H2,1H3,(H,22,25). The zero-order valence-electron chi connectivity index (χ0n) is 15.7. The molecule has 0 radical (unpaired) electrons. The lowest BCUT2D eigenvalue weighted by atomic mass is 9.88. The van der Waals surface area contributed by atoms with Crippen LogP contribution in [0.5, 0.6) is 5.75 Å². The number of nitrogens with zero attached hydrogens (tertiary/aromatic N) is 1. The van der Waals surface area contributed by atoms with Gasteiger partial charge in [-0.2, -0.15) is 0 Å². The van der Waals surface area contributed by atoms with E-state index in [0.29, 0.717) is 6.42 Å². The molecule has 2 amide bonds. The lowest BCUT2D eigenvalue weighted by Gasteiger charge is -2.33. The fourth-order valence-electron chi connectivity index (χ4n) is 4.03. The highest BCUT2D eigenvalue weighted by molar-refractivity contribution is 5.80. The topological polar surface area (TPSA) is 58.6 Å². The number of hydrogen-bond acceptors (Lipinski definition) is 3. The average Bonchev–Trinajstić information content (AvgIpc) is 2.69. The summed E-state index contributed by atoms with van der Waals surface area (Å²) in [6.07, 6.45) is 7.77. The Morgan fingerprint density at radius 1 is 1.12 bits per heavy atom. The minimum Gasteiger partial charge on any atom is -0.497 e. The molecule has 26 heavy (non-hydrogen) atoms. The number of rotatable bonds is 5. The summed E-state index contributed by atoms with van der Waals surface area (Å²) in [5.41, 5.74) is 0.974. The quantitative estimate of drug-likeness (QED) is 0.880. The van der Waals surface area contributed by atoms with Crippen molar-refractivity contribution in [2.45, 2.75) is 57.4 Å². The molecule has 3 rings (SSSR count). The van der Waals surface area contributed by atoms with Crippen LogP contribution in [0.25, 0.3) is 0 Å². The van der Waals surface area contributed by atoms with Crippen LogP contribution in [0.2, 0.25) is 0 Å². The van der Waals surface area contributed by atoms with Crippen LogP contribution in [-0.4, -0.2) is 43.0 Å². The van der Waals surface area contributed by atoms with Crippen LogP contribution in [0.3, 0.4) is 0 Å². The highest BCUT2D eigenvalue weighted by Crippen LogP contribution is 2.24. The summed E-state index contributed by atoms with van der Waals surface area (Å²) >= 11 is 0. The summed E-state index contributed by atoms with van der Waals surface area (Å²) in [4.78, 5) is 26.8. The van der Waals surface area contributed by atoms with E-state index in [1.807, 2.05) is 29.2 Å². The molecule has 1 aromatic rings.